The van der Waals surface area contributed by atoms with Gasteiger partial charge in [-0.15, -0.1) is 0 Å². The second kappa shape index (κ2) is 34.8. The highest BCUT2D eigenvalue weighted by molar-refractivity contribution is 5.83. The summed E-state index contributed by atoms with van der Waals surface area (Å²) >= 11 is 0. The Bertz CT molecular complexity index is 2470. The minimum atomic E-state index is -2.27. The number of carboxylic acids is 2. The number of aliphatic carboxylic acids is 2. The lowest BCUT2D eigenvalue weighted by Gasteiger charge is -2.32. The molecule has 0 heterocycles. The van der Waals surface area contributed by atoms with Gasteiger partial charge in [0, 0.05) is 70.7 Å². The van der Waals surface area contributed by atoms with Crippen molar-refractivity contribution in [1.29, 1.82) is 0 Å². The van der Waals surface area contributed by atoms with Crippen molar-refractivity contribution in [2.24, 2.45) is 0 Å². The standard InChI is InChI=1S/3C22H31NO.C4H6O6/c3*1-16(2)23(17(3)4)14-13-20(19-9-7-6-8-10-19)21-15-18(5)11-12-22(21)24;5-1(3(7)8)2(6)4(9)10/h3*6-12,15-17,20,24H,13-14H2,1-5H3;1-2,5-6H,(H,7,8)(H,9,10)/t3*20-;/m111./s1. The molecule has 0 radical (unpaired) electrons. The summed E-state index contributed by atoms with van der Waals surface area (Å²) in [6.45, 7) is 36.3. The molecule has 82 heavy (non-hydrogen) atoms. The Morgan fingerprint density at radius 1 is 0.354 bits per heavy atom. The van der Waals surface area contributed by atoms with Crippen molar-refractivity contribution in [2.45, 2.75) is 189 Å². The molecule has 6 aromatic carbocycles. The van der Waals surface area contributed by atoms with Gasteiger partial charge >= 0.3 is 11.9 Å². The Kier molecular flexibility index (Phi) is 29.6. The van der Waals surface area contributed by atoms with Crippen molar-refractivity contribution in [3.05, 3.63) is 196 Å². The Morgan fingerprint density at radius 2 is 0.561 bits per heavy atom. The lowest BCUT2D eigenvalue weighted by Crippen LogP contribution is -2.39. The zero-order valence-electron chi connectivity index (χ0n) is 51.7. The molecule has 0 fully saturated rings. The number of rotatable bonds is 24. The molecule has 0 saturated heterocycles. The third kappa shape index (κ3) is 22.3. The molecular formula is C70H99N3O9. The highest BCUT2D eigenvalue weighted by Gasteiger charge is 2.30. The van der Waals surface area contributed by atoms with E-state index < -0.39 is 24.1 Å². The largest absolute Gasteiger partial charge is 0.508 e. The molecule has 12 heteroatoms. The second-order valence-electron chi connectivity index (χ2n) is 23.3. The van der Waals surface area contributed by atoms with Crippen molar-refractivity contribution < 1.29 is 45.3 Å². The van der Waals surface area contributed by atoms with Crippen molar-refractivity contribution in [1.82, 2.24) is 14.7 Å². The fraction of sp³-hybridized carbons (Fsp3) is 0.457. The fourth-order valence-corrected chi connectivity index (χ4v) is 10.9. The minimum absolute atomic E-state index is 0.214. The molecule has 6 rings (SSSR count). The van der Waals surface area contributed by atoms with Gasteiger partial charge in [0.25, 0.3) is 0 Å². The van der Waals surface area contributed by atoms with Crippen LogP contribution in [0.15, 0.2) is 146 Å². The molecule has 12 nitrogen and oxygen atoms in total. The maximum Gasteiger partial charge on any atom is 0.335 e. The van der Waals surface area contributed by atoms with Crippen LogP contribution in [0.4, 0.5) is 0 Å². The normalized spacial score (nSPS) is 13.3. The van der Waals surface area contributed by atoms with E-state index in [1.165, 1.54) is 33.4 Å². The average Bonchev–Trinajstić information content (AvgIpc) is 3.60. The number of aliphatic hydroxyl groups excluding tert-OH is 2. The van der Waals surface area contributed by atoms with Gasteiger partial charge in [-0.25, -0.2) is 9.59 Å². The second-order valence-corrected chi connectivity index (χ2v) is 23.3. The van der Waals surface area contributed by atoms with Gasteiger partial charge in [-0.3, -0.25) is 14.7 Å². The monoisotopic (exact) mass is 1130 g/mol. The molecule has 6 aromatic rings. The van der Waals surface area contributed by atoms with E-state index in [0.29, 0.717) is 53.5 Å². The van der Waals surface area contributed by atoms with Gasteiger partial charge in [-0.05, 0) is 178 Å². The first kappa shape index (κ1) is 69.7. The van der Waals surface area contributed by atoms with Crippen LogP contribution in [-0.2, 0) is 9.59 Å². The van der Waals surface area contributed by atoms with E-state index in [0.717, 1.165) is 55.6 Å². The van der Waals surface area contributed by atoms with E-state index in [1.54, 1.807) is 0 Å². The summed E-state index contributed by atoms with van der Waals surface area (Å²) in [6, 6.07) is 52.5. The number of carbonyl (C=O) groups is 2. The van der Waals surface area contributed by atoms with Crippen molar-refractivity contribution in [3.63, 3.8) is 0 Å². The lowest BCUT2D eigenvalue weighted by atomic mass is 9.87. The van der Waals surface area contributed by atoms with Crippen LogP contribution in [0.3, 0.4) is 0 Å². The summed E-state index contributed by atoms with van der Waals surface area (Å²) in [5.41, 5.74) is 10.5. The van der Waals surface area contributed by atoms with Crippen molar-refractivity contribution >= 4 is 11.9 Å². The highest BCUT2D eigenvalue weighted by atomic mass is 16.4. The number of carboxylic acid groups (broad SMARTS) is 2. The summed E-state index contributed by atoms with van der Waals surface area (Å²) in [7, 11) is 0. The van der Waals surface area contributed by atoms with Gasteiger partial charge in [-0.2, -0.15) is 0 Å². The van der Waals surface area contributed by atoms with Crippen LogP contribution < -0.4 is 0 Å². The number of aliphatic hydroxyl groups is 2. The first-order valence-electron chi connectivity index (χ1n) is 29.3. The Morgan fingerprint density at radius 3 is 0.744 bits per heavy atom. The molecule has 0 aromatic heterocycles. The zero-order valence-corrected chi connectivity index (χ0v) is 51.7. The van der Waals surface area contributed by atoms with Crippen LogP contribution in [0, 0.1) is 20.8 Å². The van der Waals surface area contributed by atoms with Crippen molar-refractivity contribution in [3.8, 4) is 17.2 Å². The average molecular weight is 1130 g/mol. The number of hydrogen-bond donors (Lipinski definition) is 7. The van der Waals surface area contributed by atoms with E-state index >= 15 is 0 Å². The van der Waals surface area contributed by atoms with E-state index in [2.05, 4.69) is 210 Å². The van der Waals surface area contributed by atoms with E-state index in [-0.39, 0.29) is 17.8 Å². The number of aromatic hydroxyl groups is 3. The lowest BCUT2D eigenvalue weighted by molar-refractivity contribution is -0.165. The maximum atomic E-state index is 10.4. The van der Waals surface area contributed by atoms with Gasteiger partial charge in [0.1, 0.15) is 17.2 Å². The smallest absolute Gasteiger partial charge is 0.335 e. The molecule has 0 saturated carbocycles. The van der Waals surface area contributed by atoms with Gasteiger partial charge in [-0.1, -0.05) is 144 Å². The minimum Gasteiger partial charge on any atom is -0.508 e. The molecule has 0 spiro atoms. The molecule has 7 N–H and O–H groups in total. The highest BCUT2D eigenvalue weighted by Crippen LogP contribution is 2.38. The molecule has 0 aliphatic heterocycles. The predicted molar refractivity (Wildman–Crippen MR) is 335 cm³/mol. The zero-order chi connectivity index (χ0) is 61.4. The van der Waals surface area contributed by atoms with E-state index in [1.807, 2.05) is 54.6 Å². The summed E-state index contributed by atoms with van der Waals surface area (Å²) in [5, 5.41) is 63.8. The summed E-state index contributed by atoms with van der Waals surface area (Å²) < 4.78 is 0. The summed E-state index contributed by atoms with van der Waals surface area (Å²) in [6.07, 6.45) is -1.54. The molecule has 0 bridgehead atoms. The first-order chi connectivity index (χ1) is 38.7. The van der Waals surface area contributed by atoms with Crippen LogP contribution in [0.1, 0.15) is 170 Å². The number of phenols is 3. The quantitative estimate of drug-likeness (QED) is 0.0305. The van der Waals surface area contributed by atoms with Gasteiger partial charge in [0.2, 0.25) is 0 Å². The molecule has 0 aliphatic rings. The SMILES string of the molecule is Cc1ccc(O)c([C@H](CCN(C(C)C)C(C)C)c2ccccc2)c1.Cc1ccc(O)c([C@H](CCN(C(C)C)C(C)C)c2ccccc2)c1.Cc1ccc(O)c([C@H](CCN(C(C)C)C(C)C)c2ccccc2)c1.O=C(O)C(O)C(O)C(=O)O. The Hall–Kier alpha value is -6.54. The van der Waals surface area contributed by atoms with Crippen LogP contribution in [-0.4, -0.2) is 130 Å². The molecule has 448 valence electrons. The summed E-state index contributed by atoms with van der Waals surface area (Å²) in [4.78, 5) is 27.1. The first-order valence-corrected chi connectivity index (χ1v) is 29.3. The van der Waals surface area contributed by atoms with Crippen molar-refractivity contribution in [2.75, 3.05) is 19.6 Å². The maximum absolute atomic E-state index is 10.4. The number of phenolic OH excluding ortho intramolecular Hbond substituents is 3. The molecule has 2 unspecified atom stereocenters. The van der Waals surface area contributed by atoms with Crippen LogP contribution in [0.5, 0.6) is 17.2 Å². The molecule has 5 atom stereocenters. The van der Waals surface area contributed by atoms with Crippen LogP contribution in [0.25, 0.3) is 0 Å². The summed E-state index contributed by atoms with van der Waals surface area (Å²) in [5.74, 6) is -1.70. The molecule has 0 amide bonds. The predicted octanol–water partition coefficient (Wildman–Crippen LogP) is 13.9. The van der Waals surface area contributed by atoms with Crippen LogP contribution in [0.2, 0.25) is 0 Å². The number of nitrogens with zero attached hydrogens (tertiary/aromatic N) is 3. The van der Waals surface area contributed by atoms with Gasteiger partial charge < -0.3 is 35.7 Å². The fourth-order valence-electron chi connectivity index (χ4n) is 10.9. The van der Waals surface area contributed by atoms with Gasteiger partial charge in [0.05, 0.1) is 0 Å². The molecular weight excluding hydrogens is 1030 g/mol. The third-order valence-corrected chi connectivity index (χ3v) is 15.1. The number of hydrogen-bond acceptors (Lipinski definition) is 10. The number of aryl methyl sites for hydroxylation is 3. The number of benzene rings is 6. The Balaban J connectivity index is 0.000000298. The molecule has 0 aliphatic carbocycles. The Labute approximate surface area is 491 Å². The van der Waals surface area contributed by atoms with E-state index in [4.69, 9.17) is 20.4 Å². The topological polar surface area (TPSA) is 185 Å². The third-order valence-electron chi connectivity index (χ3n) is 15.1. The van der Waals surface area contributed by atoms with Gasteiger partial charge in [0.15, 0.2) is 12.2 Å². The van der Waals surface area contributed by atoms with Crippen LogP contribution >= 0.6 is 0 Å². The van der Waals surface area contributed by atoms with E-state index in [9.17, 15) is 24.9 Å².